The normalized spacial score (nSPS) is 18.0. The summed E-state index contributed by atoms with van der Waals surface area (Å²) in [5, 5.41) is 10.6. The number of fused-ring (bicyclic) bond motifs is 1. The highest BCUT2D eigenvalue weighted by molar-refractivity contribution is 5.95. The molecule has 7 nitrogen and oxygen atoms in total. The molecule has 1 aliphatic carbocycles. The second-order valence-electron chi connectivity index (χ2n) is 8.55. The van der Waals surface area contributed by atoms with Crippen LogP contribution in [0, 0.1) is 0 Å². The molecule has 1 saturated carbocycles. The Kier molecular flexibility index (Phi) is 5.40. The molecule has 0 atom stereocenters. The predicted octanol–water partition coefficient (Wildman–Crippen LogP) is 3.10. The van der Waals surface area contributed by atoms with Gasteiger partial charge in [-0.25, -0.2) is 4.68 Å². The fourth-order valence-corrected chi connectivity index (χ4v) is 4.88. The zero-order valence-electron chi connectivity index (χ0n) is 17.6. The Morgan fingerprint density at radius 2 is 1.81 bits per heavy atom. The molecule has 2 aromatic carbocycles. The van der Waals surface area contributed by atoms with Crippen molar-refractivity contribution in [1.29, 1.82) is 0 Å². The van der Waals surface area contributed by atoms with Crippen molar-refractivity contribution in [3.05, 3.63) is 59.9 Å². The van der Waals surface area contributed by atoms with Gasteiger partial charge in [0.25, 0.3) is 5.91 Å². The minimum absolute atomic E-state index is 0.0506. The molecular weight excluding hydrogens is 390 g/mol. The van der Waals surface area contributed by atoms with Gasteiger partial charge < -0.3 is 9.80 Å². The molecule has 7 heteroatoms. The summed E-state index contributed by atoms with van der Waals surface area (Å²) < 4.78 is 1.69. The summed E-state index contributed by atoms with van der Waals surface area (Å²) in [7, 11) is 0. The number of nitrogens with zero attached hydrogens (tertiary/aromatic N) is 5. The molecule has 1 saturated heterocycles. The van der Waals surface area contributed by atoms with E-state index in [0.717, 1.165) is 23.8 Å². The van der Waals surface area contributed by atoms with Gasteiger partial charge in [-0.2, -0.15) is 0 Å². The van der Waals surface area contributed by atoms with E-state index in [-0.39, 0.29) is 18.4 Å². The first-order chi connectivity index (χ1) is 15.2. The van der Waals surface area contributed by atoms with Gasteiger partial charge in [-0.1, -0.05) is 66.9 Å². The molecule has 0 spiro atoms. The molecule has 2 fully saturated rings. The monoisotopic (exact) mass is 417 g/mol. The first-order valence-corrected chi connectivity index (χ1v) is 11.1. The van der Waals surface area contributed by atoms with Crippen molar-refractivity contribution >= 4 is 22.6 Å². The van der Waals surface area contributed by atoms with Crippen LogP contribution in [0.1, 0.15) is 48.2 Å². The lowest BCUT2D eigenvalue weighted by Crippen LogP contribution is -2.55. The third-order valence-electron chi connectivity index (χ3n) is 6.53. The number of piperazine rings is 1. The smallest absolute Gasteiger partial charge is 0.276 e. The number of hydrogen-bond donors (Lipinski definition) is 0. The topological polar surface area (TPSA) is 71.3 Å². The van der Waals surface area contributed by atoms with E-state index in [9.17, 15) is 9.59 Å². The number of amides is 2. The van der Waals surface area contributed by atoms with Crippen molar-refractivity contribution < 1.29 is 9.59 Å². The van der Waals surface area contributed by atoms with Gasteiger partial charge in [0.1, 0.15) is 6.54 Å². The maximum absolute atomic E-state index is 12.9. The summed E-state index contributed by atoms with van der Waals surface area (Å²) in [4.78, 5) is 29.2. The van der Waals surface area contributed by atoms with Crippen LogP contribution in [0.2, 0.25) is 0 Å². The maximum atomic E-state index is 12.9. The van der Waals surface area contributed by atoms with Crippen LogP contribution in [0.3, 0.4) is 0 Å². The van der Waals surface area contributed by atoms with Crippen molar-refractivity contribution in [2.75, 3.05) is 19.6 Å². The van der Waals surface area contributed by atoms with E-state index in [4.69, 9.17) is 0 Å². The summed E-state index contributed by atoms with van der Waals surface area (Å²) in [6, 6.07) is 14.7. The molecule has 1 aliphatic heterocycles. The molecule has 5 rings (SSSR count). The van der Waals surface area contributed by atoms with Crippen molar-refractivity contribution in [3.63, 3.8) is 0 Å². The number of carbonyl (C=O) groups excluding carboxylic acids is 2. The first-order valence-electron chi connectivity index (χ1n) is 11.1. The van der Waals surface area contributed by atoms with Crippen LogP contribution in [-0.4, -0.2) is 62.3 Å². The fraction of sp³-hybridized carbons (Fsp3) is 0.417. The van der Waals surface area contributed by atoms with Crippen LogP contribution < -0.4 is 0 Å². The van der Waals surface area contributed by atoms with Gasteiger partial charge in [-0.05, 0) is 29.2 Å². The second-order valence-corrected chi connectivity index (χ2v) is 8.55. The third kappa shape index (κ3) is 4.04. The Balaban J connectivity index is 1.25. The molecule has 0 bridgehead atoms. The Hall–Kier alpha value is -3.22. The van der Waals surface area contributed by atoms with Crippen LogP contribution in [0.15, 0.2) is 48.7 Å². The average Bonchev–Trinajstić information content (AvgIpc) is 3.28. The summed E-state index contributed by atoms with van der Waals surface area (Å²) in [6.45, 7) is 1.83. The SMILES string of the molecule is O=C(c1cn(Cc2cccc3ccccc23)nn1)N1CCN(C2CCCCC2)C(=O)C1. The lowest BCUT2D eigenvalue weighted by atomic mass is 9.93. The van der Waals surface area contributed by atoms with E-state index in [2.05, 4.69) is 34.6 Å². The van der Waals surface area contributed by atoms with E-state index in [1.807, 2.05) is 23.1 Å². The van der Waals surface area contributed by atoms with Gasteiger partial charge in [0.15, 0.2) is 5.69 Å². The Morgan fingerprint density at radius 3 is 2.65 bits per heavy atom. The second kappa shape index (κ2) is 8.49. The lowest BCUT2D eigenvalue weighted by molar-refractivity contribution is -0.138. The summed E-state index contributed by atoms with van der Waals surface area (Å²) >= 11 is 0. The van der Waals surface area contributed by atoms with E-state index in [0.29, 0.717) is 31.4 Å². The molecule has 0 unspecified atom stereocenters. The van der Waals surface area contributed by atoms with Crippen molar-refractivity contribution in [3.8, 4) is 0 Å². The van der Waals surface area contributed by atoms with Crippen LogP contribution >= 0.6 is 0 Å². The Labute approximate surface area is 181 Å². The molecule has 0 N–H and O–H groups in total. The zero-order chi connectivity index (χ0) is 21.2. The lowest BCUT2D eigenvalue weighted by Gasteiger charge is -2.40. The molecule has 160 valence electrons. The van der Waals surface area contributed by atoms with Gasteiger partial charge in [-0.15, -0.1) is 5.10 Å². The van der Waals surface area contributed by atoms with E-state index in [1.165, 1.54) is 24.6 Å². The molecule has 2 heterocycles. The number of rotatable bonds is 4. The summed E-state index contributed by atoms with van der Waals surface area (Å²) in [5.41, 5.74) is 1.41. The van der Waals surface area contributed by atoms with Crippen LogP contribution in [0.25, 0.3) is 10.8 Å². The van der Waals surface area contributed by atoms with E-state index in [1.54, 1.807) is 15.8 Å². The molecule has 3 aromatic rings. The number of hydrogen-bond acceptors (Lipinski definition) is 4. The summed E-state index contributed by atoms with van der Waals surface area (Å²) in [5.74, 6) is -0.171. The minimum Gasteiger partial charge on any atom is -0.336 e. The summed E-state index contributed by atoms with van der Waals surface area (Å²) in [6.07, 6.45) is 7.50. The Morgan fingerprint density at radius 1 is 1.00 bits per heavy atom. The Bertz CT molecular complexity index is 1100. The fourth-order valence-electron chi connectivity index (χ4n) is 4.88. The van der Waals surface area contributed by atoms with E-state index < -0.39 is 0 Å². The standard InChI is InChI=1S/C24H27N5O2/c30-23-17-27(13-14-29(23)20-10-2-1-3-11-20)24(31)22-16-28(26-25-22)15-19-9-6-8-18-7-4-5-12-21(18)19/h4-9,12,16,20H,1-3,10-11,13-15,17H2. The molecule has 2 amide bonds. The van der Waals surface area contributed by atoms with Gasteiger partial charge in [0, 0.05) is 19.1 Å². The maximum Gasteiger partial charge on any atom is 0.276 e. The van der Waals surface area contributed by atoms with Crippen molar-refractivity contribution in [2.24, 2.45) is 0 Å². The number of benzene rings is 2. The van der Waals surface area contributed by atoms with Crippen molar-refractivity contribution in [2.45, 2.75) is 44.7 Å². The highest BCUT2D eigenvalue weighted by Gasteiger charge is 2.33. The van der Waals surface area contributed by atoms with Gasteiger partial charge in [-0.3, -0.25) is 9.59 Å². The van der Waals surface area contributed by atoms with Crippen LogP contribution in [-0.2, 0) is 11.3 Å². The third-order valence-corrected chi connectivity index (χ3v) is 6.53. The highest BCUT2D eigenvalue weighted by atomic mass is 16.2. The van der Waals surface area contributed by atoms with Crippen LogP contribution in [0.4, 0.5) is 0 Å². The quantitative estimate of drug-likeness (QED) is 0.654. The highest BCUT2D eigenvalue weighted by Crippen LogP contribution is 2.24. The number of aromatic nitrogens is 3. The predicted molar refractivity (Wildman–Crippen MR) is 118 cm³/mol. The van der Waals surface area contributed by atoms with E-state index >= 15 is 0 Å². The first kappa shape index (κ1) is 19.7. The molecule has 0 radical (unpaired) electrons. The largest absolute Gasteiger partial charge is 0.336 e. The molecular formula is C24H27N5O2. The van der Waals surface area contributed by atoms with Gasteiger partial charge in [0.05, 0.1) is 12.7 Å². The molecule has 2 aliphatic rings. The van der Waals surface area contributed by atoms with Gasteiger partial charge in [0.2, 0.25) is 5.91 Å². The average molecular weight is 418 g/mol. The molecule has 31 heavy (non-hydrogen) atoms. The zero-order valence-corrected chi connectivity index (χ0v) is 17.6. The van der Waals surface area contributed by atoms with Crippen LogP contribution in [0.5, 0.6) is 0 Å². The molecule has 1 aromatic heterocycles. The van der Waals surface area contributed by atoms with Crippen molar-refractivity contribution in [1.82, 2.24) is 24.8 Å². The van der Waals surface area contributed by atoms with Gasteiger partial charge >= 0.3 is 0 Å². The minimum atomic E-state index is -0.221. The number of carbonyl (C=O) groups is 2.